The fourth-order valence-electron chi connectivity index (χ4n) is 2.12. The number of carbonyl (C=O) groups is 3. The molecule has 0 aromatic heterocycles. The quantitative estimate of drug-likeness (QED) is 0.662. The van der Waals surface area contributed by atoms with Crippen LogP contribution >= 0.6 is 0 Å². The molecule has 0 fully saturated rings. The molecule has 0 heterocycles. The number of carbonyl (C=O) groups excluding carboxylic acids is 3. The summed E-state index contributed by atoms with van der Waals surface area (Å²) >= 11 is 0. The minimum atomic E-state index is -0.956. The molecule has 0 bridgehead atoms. The number of aromatic hydroxyl groups is 1. The van der Waals surface area contributed by atoms with Gasteiger partial charge in [-0.25, -0.2) is 9.59 Å². The third-order valence-corrected chi connectivity index (χ3v) is 4.08. The maximum atomic E-state index is 12.2. The van der Waals surface area contributed by atoms with Gasteiger partial charge in [-0.2, -0.15) is 0 Å². The molecule has 0 spiro atoms. The van der Waals surface area contributed by atoms with Gasteiger partial charge in [-0.15, -0.1) is 0 Å². The van der Waals surface area contributed by atoms with Crippen LogP contribution in [0, 0.1) is 5.41 Å². The monoisotopic (exact) mass is 344 g/mol. The number of esters is 3. The summed E-state index contributed by atoms with van der Waals surface area (Å²) in [4.78, 5) is 35.8. The second-order valence-corrected chi connectivity index (χ2v) is 6.25. The standard InChI is InChI=1S/C19H20O6/c1-4-19(2,3)18(23)24-11-16(21)25-17(22)14-9-5-8-13-12(14)7-6-10-15(13)20/h5-10,20H,4,11H2,1-3H3. The van der Waals surface area contributed by atoms with Crippen molar-refractivity contribution in [3.8, 4) is 5.75 Å². The van der Waals surface area contributed by atoms with E-state index in [9.17, 15) is 19.5 Å². The van der Waals surface area contributed by atoms with Gasteiger partial charge in [0.1, 0.15) is 5.75 Å². The summed E-state index contributed by atoms with van der Waals surface area (Å²) in [6, 6.07) is 9.44. The van der Waals surface area contributed by atoms with Crippen LogP contribution in [0.3, 0.4) is 0 Å². The van der Waals surface area contributed by atoms with Gasteiger partial charge in [0.2, 0.25) is 0 Å². The minimum absolute atomic E-state index is 0.0224. The van der Waals surface area contributed by atoms with E-state index in [1.165, 1.54) is 12.1 Å². The van der Waals surface area contributed by atoms with E-state index >= 15 is 0 Å². The molecule has 2 aromatic carbocycles. The molecule has 2 rings (SSSR count). The number of ether oxygens (including phenoxy) is 2. The van der Waals surface area contributed by atoms with E-state index in [0.717, 1.165) is 0 Å². The molecule has 0 amide bonds. The van der Waals surface area contributed by atoms with Gasteiger partial charge in [-0.1, -0.05) is 31.2 Å². The maximum absolute atomic E-state index is 12.2. The molecule has 0 saturated carbocycles. The van der Waals surface area contributed by atoms with Crippen LogP contribution < -0.4 is 0 Å². The minimum Gasteiger partial charge on any atom is -0.507 e. The fraction of sp³-hybridized carbons (Fsp3) is 0.316. The van der Waals surface area contributed by atoms with E-state index in [-0.39, 0.29) is 11.3 Å². The van der Waals surface area contributed by atoms with Crippen LogP contribution in [0.25, 0.3) is 10.8 Å². The Morgan fingerprint density at radius 1 is 1.04 bits per heavy atom. The third-order valence-electron chi connectivity index (χ3n) is 4.08. The van der Waals surface area contributed by atoms with Crippen molar-refractivity contribution in [1.29, 1.82) is 0 Å². The van der Waals surface area contributed by atoms with Crippen molar-refractivity contribution in [3.63, 3.8) is 0 Å². The molecule has 0 aliphatic rings. The van der Waals surface area contributed by atoms with Crippen LogP contribution in [0.4, 0.5) is 0 Å². The molecule has 0 atom stereocenters. The highest BCUT2D eigenvalue weighted by Gasteiger charge is 2.28. The van der Waals surface area contributed by atoms with Gasteiger partial charge in [0.15, 0.2) is 6.61 Å². The van der Waals surface area contributed by atoms with Gasteiger partial charge >= 0.3 is 17.9 Å². The highest BCUT2D eigenvalue weighted by Crippen LogP contribution is 2.27. The Bertz CT molecular complexity index is 822. The van der Waals surface area contributed by atoms with Crippen molar-refractivity contribution in [2.45, 2.75) is 27.2 Å². The van der Waals surface area contributed by atoms with E-state index in [2.05, 4.69) is 0 Å². The Hall–Kier alpha value is -2.89. The van der Waals surface area contributed by atoms with E-state index in [1.54, 1.807) is 38.1 Å². The zero-order chi connectivity index (χ0) is 18.6. The summed E-state index contributed by atoms with van der Waals surface area (Å²) in [5.74, 6) is -2.34. The van der Waals surface area contributed by atoms with Gasteiger partial charge in [-0.3, -0.25) is 4.79 Å². The topological polar surface area (TPSA) is 89.9 Å². The van der Waals surface area contributed by atoms with Crippen LogP contribution in [0.1, 0.15) is 37.6 Å². The smallest absolute Gasteiger partial charge is 0.352 e. The predicted octanol–water partition coefficient (Wildman–Crippen LogP) is 3.21. The predicted molar refractivity (Wildman–Crippen MR) is 91.1 cm³/mol. The molecular weight excluding hydrogens is 324 g/mol. The highest BCUT2D eigenvalue weighted by molar-refractivity contribution is 6.08. The van der Waals surface area contributed by atoms with Crippen LogP contribution in [-0.4, -0.2) is 29.6 Å². The first kappa shape index (κ1) is 18.4. The number of hydrogen-bond donors (Lipinski definition) is 1. The Morgan fingerprint density at radius 2 is 1.68 bits per heavy atom. The van der Waals surface area contributed by atoms with Crippen LogP contribution in [0.15, 0.2) is 36.4 Å². The summed E-state index contributed by atoms with van der Waals surface area (Å²) in [5.41, 5.74) is -0.570. The fourth-order valence-corrected chi connectivity index (χ4v) is 2.12. The molecule has 0 aliphatic heterocycles. The summed E-state index contributed by atoms with van der Waals surface area (Å²) in [7, 11) is 0. The summed E-state index contributed by atoms with van der Waals surface area (Å²) in [5, 5.41) is 10.8. The zero-order valence-electron chi connectivity index (χ0n) is 14.4. The summed E-state index contributed by atoms with van der Waals surface area (Å²) in [6.07, 6.45) is 0.555. The second kappa shape index (κ2) is 7.34. The van der Waals surface area contributed by atoms with Crippen molar-refractivity contribution < 1.29 is 29.0 Å². The number of phenols is 1. The van der Waals surface area contributed by atoms with Crippen LogP contribution in [-0.2, 0) is 19.1 Å². The lowest BCUT2D eigenvalue weighted by Gasteiger charge is -2.19. The van der Waals surface area contributed by atoms with Crippen LogP contribution in [0.5, 0.6) is 5.75 Å². The highest BCUT2D eigenvalue weighted by atomic mass is 16.6. The third kappa shape index (κ3) is 4.15. The Balaban J connectivity index is 2.07. The molecular formula is C19H20O6. The van der Waals surface area contributed by atoms with E-state index in [1.807, 2.05) is 6.92 Å². The molecule has 6 nitrogen and oxygen atoms in total. The average molecular weight is 344 g/mol. The van der Waals surface area contributed by atoms with E-state index in [0.29, 0.717) is 17.2 Å². The van der Waals surface area contributed by atoms with Gasteiger partial charge in [0.05, 0.1) is 11.0 Å². The average Bonchev–Trinajstić information content (AvgIpc) is 2.59. The van der Waals surface area contributed by atoms with Gasteiger partial charge in [-0.05, 0) is 37.8 Å². The SMILES string of the molecule is CCC(C)(C)C(=O)OCC(=O)OC(=O)c1cccc2c(O)cccc12. The molecule has 1 N–H and O–H groups in total. The van der Waals surface area contributed by atoms with Crippen molar-refractivity contribution in [3.05, 3.63) is 42.0 Å². The Kier molecular flexibility index (Phi) is 5.41. The van der Waals surface area contributed by atoms with E-state index in [4.69, 9.17) is 9.47 Å². The molecule has 0 radical (unpaired) electrons. The molecule has 132 valence electrons. The van der Waals surface area contributed by atoms with Crippen molar-refractivity contribution in [2.75, 3.05) is 6.61 Å². The Morgan fingerprint density at radius 3 is 2.36 bits per heavy atom. The first-order valence-electron chi connectivity index (χ1n) is 7.89. The van der Waals surface area contributed by atoms with E-state index < -0.39 is 29.9 Å². The molecule has 6 heteroatoms. The van der Waals surface area contributed by atoms with Crippen molar-refractivity contribution in [1.82, 2.24) is 0 Å². The lowest BCUT2D eigenvalue weighted by molar-refractivity contribution is -0.162. The normalized spacial score (nSPS) is 11.2. The van der Waals surface area contributed by atoms with Crippen molar-refractivity contribution >= 4 is 28.7 Å². The number of benzene rings is 2. The lowest BCUT2D eigenvalue weighted by atomic mass is 9.91. The second-order valence-electron chi connectivity index (χ2n) is 6.25. The summed E-state index contributed by atoms with van der Waals surface area (Å²) in [6.45, 7) is 4.60. The van der Waals surface area contributed by atoms with Gasteiger partial charge in [0.25, 0.3) is 0 Å². The first-order valence-corrected chi connectivity index (χ1v) is 7.89. The molecule has 0 saturated heterocycles. The summed E-state index contributed by atoms with van der Waals surface area (Å²) < 4.78 is 9.64. The number of hydrogen-bond acceptors (Lipinski definition) is 6. The Labute approximate surface area is 145 Å². The molecule has 25 heavy (non-hydrogen) atoms. The van der Waals surface area contributed by atoms with Crippen molar-refractivity contribution in [2.24, 2.45) is 5.41 Å². The largest absolute Gasteiger partial charge is 0.507 e. The lowest BCUT2D eigenvalue weighted by Crippen LogP contribution is -2.29. The molecule has 0 unspecified atom stereocenters. The molecule has 2 aromatic rings. The number of rotatable bonds is 5. The number of phenolic OH excluding ortho intramolecular Hbond substituents is 1. The zero-order valence-corrected chi connectivity index (χ0v) is 14.4. The molecule has 0 aliphatic carbocycles. The maximum Gasteiger partial charge on any atom is 0.352 e. The van der Waals surface area contributed by atoms with Crippen LogP contribution in [0.2, 0.25) is 0 Å². The van der Waals surface area contributed by atoms with Gasteiger partial charge < -0.3 is 14.6 Å². The first-order chi connectivity index (χ1) is 11.8. The number of fused-ring (bicyclic) bond motifs is 1. The van der Waals surface area contributed by atoms with Gasteiger partial charge in [0, 0.05) is 5.39 Å².